The lowest BCUT2D eigenvalue weighted by molar-refractivity contribution is -0.117. The molecule has 1 amide bonds. The number of hydrogen-bond donors (Lipinski definition) is 0. The van der Waals surface area contributed by atoms with Crippen molar-refractivity contribution < 1.29 is 9.53 Å². The van der Waals surface area contributed by atoms with E-state index in [4.69, 9.17) is 4.74 Å². The molecule has 1 atom stereocenters. The number of ether oxygens (including phenoxy) is 1. The minimum atomic E-state index is 0.517. The van der Waals surface area contributed by atoms with E-state index < -0.39 is 0 Å². The van der Waals surface area contributed by atoms with Gasteiger partial charge in [-0.05, 0) is 61.3 Å². The molecule has 35 heavy (non-hydrogen) atoms. The molecular weight excluding hydrogens is 430 g/mol. The van der Waals surface area contributed by atoms with Gasteiger partial charge in [-0.25, -0.2) is 0 Å². The molecule has 1 unspecified atom stereocenters. The van der Waals surface area contributed by atoms with E-state index in [1.807, 2.05) is 7.05 Å². The van der Waals surface area contributed by atoms with Gasteiger partial charge in [-0.1, -0.05) is 107 Å². The van der Waals surface area contributed by atoms with Gasteiger partial charge in [0.05, 0.1) is 0 Å². The van der Waals surface area contributed by atoms with Crippen LogP contribution in [0.4, 0.5) is 0 Å². The van der Waals surface area contributed by atoms with Gasteiger partial charge >= 0.3 is 0 Å². The summed E-state index contributed by atoms with van der Waals surface area (Å²) in [6.07, 6.45) is 14.2. The van der Waals surface area contributed by atoms with E-state index in [1.54, 1.807) is 12.0 Å². The molecule has 3 rings (SSSR count). The molecule has 0 spiro atoms. The van der Waals surface area contributed by atoms with Gasteiger partial charge in [-0.15, -0.1) is 0 Å². The Balaban J connectivity index is 0.000000457. The summed E-state index contributed by atoms with van der Waals surface area (Å²) in [4.78, 5) is 12.4. The summed E-state index contributed by atoms with van der Waals surface area (Å²) in [6, 6.07) is 15.5. The monoisotopic (exact) mass is 481 g/mol. The van der Waals surface area contributed by atoms with Gasteiger partial charge in [0.25, 0.3) is 0 Å². The fraction of sp³-hybridized carbons (Fsp3) is 0.594. The highest BCUT2D eigenvalue weighted by atomic mass is 16.5. The molecule has 0 saturated heterocycles. The number of amides is 1. The average Bonchev–Trinajstić information content (AvgIpc) is 3.46. The second-order valence-electron chi connectivity index (χ2n) is 10.0. The smallest absolute Gasteiger partial charge is 0.209 e. The second-order valence-corrected chi connectivity index (χ2v) is 10.0. The van der Waals surface area contributed by atoms with Gasteiger partial charge in [0, 0.05) is 27.3 Å². The molecule has 2 aromatic carbocycles. The molecule has 2 aromatic rings. The van der Waals surface area contributed by atoms with E-state index >= 15 is 0 Å². The molecule has 0 radical (unpaired) electrons. The zero-order valence-corrected chi connectivity index (χ0v) is 23.4. The molecular formula is C32H51NO2. The fourth-order valence-electron chi connectivity index (χ4n) is 4.48. The normalized spacial score (nSPS) is 13.2. The predicted octanol–water partition coefficient (Wildman–Crippen LogP) is 8.72. The van der Waals surface area contributed by atoms with Crippen molar-refractivity contribution in [1.82, 2.24) is 4.90 Å². The van der Waals surface area contributed by atoms with E-state index in [0.29, 0.717) is 5.92 Å². The lowest BCUT2D eigenvalue weighted by atomic mass is 9.87. The standard InChI is InChI=1S/C22H29NO.C5H12O.C5H10/c1-17-12-13-21(19(3)15-17)22-11-6-5-10-20(22)18(2)9-7-8-14-23(4)16-24;1-3-4-5-6-2;1-2-4-5-3-1/h5-6,10-13,15-16,18H,7-9,14H2,1-4H3;3-5H2,1-2H3;1-5H2. The lowest BCUT2D eigenvalue weighted by Gasteiger charge is -2.19. The van der Waals surface area contributed by atoms with Crippen LogP contribution in [0.2, 0.25) is 0 Å². The van der Waals surface area contributed by atoms with E-state index in [9.17, 15) is 4.79 Å². The molecule has 1 saturated carbocycles. The Morgan fingerprint density at radius 3 is 2.14 bits per heavy atom. The zero-order valence-electron chi connectivity index (χ0n) is 23.4. The summed E-state index contributed by atoms with van der Waals surface area (Å²) in [7, 11) is 3.57. The van der Waals surface area contributed by atoms with Crippen molar-refractivity contribution in [3.63, 3.8) is 0 Å². The van der Waals surface area contributed by atoms with Crippen LogP contribution in [0.5, 0.6) is 0 Å². The first-order valence-corrected chi connectivity index (χ1v) is 13.8. The average molecular weight is 482 g/mol. The van der Waals surface area contributed by atoms with Crippen LogP contribution in [0.15, 0.2) is 42.5 Å². The summed E-state index contributed by atoms with van der Waals surface area (Å²) in [6.45, 7) is 10.6. The summed E-state index contributed by atoms with van der Waals surface area (Å²) in [5.41, 5.74) is 6.76. The van der Waals surface area contributed by atoms with Crippen molar-refractivity contribution in [1.29, 1.82) is 0 Å². The van der Waals surface area contributed by atoms with Crippen molar-refractivity contribution in [2.75, 3.05) is 27.3 Å². The molecule has 1 aliphatic carbocycles. The Hall–Kier alpha value is -2.13. The molecule has 1 fully saturated rings. The third-order valence-corrected chi connectivity index (χ3v) is 6.69. The molecule has 0 aromatic heterocycles. The van der Waals surface area contributed by atoms with Gasteiger partial charge in [-0.2, -0.15) is 0 Å². The molecule has 0 heterocycles. The first-order chi connectivity index (χ1) is 16.9. The van der Waals surface area contributed by atoms with Gasteiger partial charge in [-0.3, -0.25) is 4.79 Å². The fourth-order valence-corrected chi connectivity index (χ4v) is 4.48. The molecule has 0 N–H and O–H groups in total. The number of methoxy groups -OCH3 is 1. The van der Waals surface area contributed by atoms with Crippen molar-refractivity contribution in [3.8, 4) is 11.1 Å². The van der Waals surface area contributed by atoms with Crippen LogP contribution in [0, 0.1) is 13.8 Å². The van der Waals surface area contributed by atoms with Crippen LogP contribution in [0.25, 0.3) is 11.1 Å². The number of carbonyl (C=O) groups is 1. The number of aryl methyl sites for hydroxylation is 2. The first-order valence-electron chi connectivity index (χ1n) is 13.8. The molecule has 3 heteroatoms. The number of nitrogens with zero attached hydrogens (tertiary/aromatic N) is 1. The summed E-state index contributed by atoms with van der Waals surface area (Å²) in [5, 5.41) is 0. The number of hydrogen-bond acceptors (Lipinski definition) is 2. The van der Waals surface area contributed by atoms with E-state index in [0.717, 1.165) is 38.8 Å². The van der Waals surface area contributed by atoms with Gasteiger partial charge in [0.1, 0.15) is 0 Å². The van der Waals surface area contributed by atoms with E-state index in [1.165, 1.54) is 72.8 Å². The Labute approximate surface area is 216 Å². The van der Waals surface area contributed by atoms with Crippen LogP contribution in [-0.4, -0.2) is 38.6 Å². The van der Waals surface area contributed by atoms with Crippen molar-refractivity contribution >= 4 is 6.41 Å². The summed E-state index contributed by atoms with van der Waals surface area (Å²) < 4.78 is 4.78. The molecule has 3 nitrogen and oxygen atoms in total. The van der Waals surface area contributed by atoms with Crippen molar-refractivity contribution in [2.45, 2.75) is 97.8 Å². The minimum absolute atomic E-state index is 0.517. The number of unbranched alkanes of at least 4 members (excludes halogenated alkanes) is 2. The lowest BCUT2D eigenvalue weighted by Crippen LogP contribution is -2.17. The highest BCUT2D eigenvalue weighted by Crippen LogP contribution is 2.33. The summed E-state index contributed by atoms with van der Waals surface area (Å²) >= 11 is 0. The van der Waals surface area contributed by atoms with Crippen LogP contribution in [-0.2, 0) is 9.53 Å². The SMILES string of the molecule is C1CCCC1.CCCCOC.Cc1ccc(-c2ccccc2C(C)CCCCN(C)C=O)c(C)c1. The first kappa shape index (κ1) is 30.9. The number of rotatable bonds is 11. The third-order valence-electron chi connectivity index (χ3n) is 6.69. The third kappa shape index (κ3) is 12.9. The topological polar surface area (TPSA) is 29.5 Å². The Morgan fingerprint density at radius 1 is 0.943 bits per heavy atom. The minimum Gasteiger partial charge on any atom is -0.385 e. The van der Waals surface area contributed by atoms with Crippen LogP contribution < -0.4 is 0 Å². The van der Waals surface area contributed by atoms with Crippen molar-refractivity contribution in [3.05, 3.63) is 59.2 Å². The largest absolute Gasteiger partial charge is 0.385 e. The Morgan fingerprint density at radius 2 is 1.60 bits per heavy atom. The maximum Gasteiger partial charge on any atom is 0.209 e. The number of carbonyl (C=O) groups excluding carboxylic acids is 1. The van der Waals surface area contributed by atoms with Gasteiger partial charge in [0.2, 0.25) is 6.41 Å². The predicted molar refractivity (Wildman–Crippen MR) is 152 cm³/mol. The van der Waals surface area contributed by atoms with E-state index in [2.05, 4.69) is 70.2 Å². The maximum absolute atomic E-state index is 10.6. The number of benzene rings is 2. The molecule has 196 valence electrons. The molecule has 0 bridgehead atoms. The maximum atomic E-state index is 10.6. The van der Waals surface area contributed by atoms with Gasteiger partial charge in [0.15, 0.2) is 0 Å². The van der Waals surface area contributed by atoms with Crippen LogP contribution in [0.1, 0.15) is 101 Å². The van der Waals surface area contributed by atoms with Crippen molar-refractivity contribution in [2.24, 2.45) is 0 Å². The van der Waals surface area contributed by atoms with E-state index in [-0.39, 0.29) is 0 Å². The summed E-state index contributed by atoms with van der Waals surface area (Å²) in [5.74, 6) is 0.517. The van der Waals surface area contributed by atoms with Crippen LogP contribution in [0.3, 0.4) is 0 Å². The second kappa shape index (κ2) is 19.1. The van der Waals surface area contributed by atoms with Gasteiger partial charge < -0.3 is 9.64 Å². The zero-order chi connectivity index (χ0) is 25.9. The van der Waals surface area contributed by atoms with Crippen LogP contribution >= 0.6 is 0 Å². The molecule has 1 aliphatic rings. The molecule has 0 aliphatic heterocycles. The quantitative estimate of drug-likeness (QED) is 0.237. The highest BCUT2D eigenvalue weighted by molar-refractivity contribution is 5.71. The highest BCUT2D eigenvalue weighted by Gasteiger charge is 2.13. The Bertz CT molecular complexity index is 801. The Kier molecular flexibility index (Phi) is 16.9.